The topological polar surface area (TPSA) is 61.8 Å². The Kier molecular flexibility index (Phi) is 9.61. The van der Waals surface area contributed by atoms with E-state index in [1.807, 2.05) is 60.8 Å². The van der Waals surface area contributed by atoms with E-state index in [1.54, 1.807) is 6.20 Å². The Bertz CT molecular complexity index is 960. The Morgan fingerprint density at radius 2 is 1.94 bits per heavy atom. The van der Waals surface area contributed by atoms with Gasteiger partial charge < -0.3 is 20.3 Å². The molecule has 0 spiro atoms. The maximum Gasteiger partial charge on any atom is 0.213 e. The van der Waals surface area contributed by atoms with Crippen LogP contribution in [0.4, 0.5) is 5.00 Å². The third-order valence-electron chi connectivity index (χ3n) is 5.37. The number of hydrogen-bond donors (Lipinski definition) is 2. The summed E-state index contributed by atoms with van der Waals surface area (Å²) in [7, 11) is 1.82. The van der Waals surface area contributed by atoms with Crippen LogP contribution in [0.25, 0.3) is 0 Å². The summed E-state index contributed by atoms with van der Waals surface area (Å²) in [6, 6.07) is 18.8. The molecule has 3 aromatic rings. The zero-order valence-corrected chi connectivity index (χ0v) is 21.4. The number of nitrogens with one attached hydrogen (secondary N) is 2. The Morgan fingerprint density at radius 3 is 2.66 bits per heavy atom. The van der Waals surface area contributed by atoms with Crippen LogP contribution in [0.5, 0.6) is 5.88 Å². The van der Waals surface area contributed by atoms with Crippen LogP contribution < -0.4 is 20.3 Å². The van der Waals surface area contributed by atoms with E-state index in [0.29, 0.717) is 25.1 Å². The summed E-state index contributed by atoms with van der Waals surface area (Å²) in [5.41, 5.74) is 2.23. The van der Waals surface area contributed by atoms with Gasteiger partial charge in [-0.05, 0) is 47.5 Å². The fraction of sp³-hybridized carbons (Fsp3) is 0.333. The molecule has 32 heavy (non-hydrogen) atoms. The number of aliphatic imine (C=N–C) groups is 1. The van der Waals surface area contributed by atoms with E-state index in [-0.39, 0.29) is 24.0 Å². The van der Waals surface area contributed by atoms with Crippen molar-refractivity contribution in [2.45, 2.75) is 32.0 Å². The first-order chi connectivity index (χ1) is 15.3. The van der Waals surface area contributed by atoms with Gasteiger partial charge in [-0.25, -0.2) is 4.98 Å². The molecule has 2 aromatic heterocycles. The number of hydrogen-bond acceptors (Lipinski definition) is 5. The van der Waals surface area contributed by atoms with E-state index >= 15 is 0 Å². The number of pyridine rings is 1. The first-order valence-corrected chi connectivity index (χ1v) is 11.6. The highest BCUT2D eigenvalue weighted by molar-refractivity contribution is 14.0. The van der Waals surface area contributed by atoms with Crippen molar-refractivity contribution in [3.8, 4) is 5.88 Å². The highest BCUT2D eigenvalue weighted by atomic mass is 127. The smallest absolute Gasteiger partial charge is 0.213 e. The molecule has 170 valence electrons. The number of ether oxygens (including phenoxy) is 1. The minimum atomic E-state index is 0. The van der Waals surface area contributed by atoms with Crippen LogP contribution in [0.15, 0.2) is 71.2 Å². The molecule has 4 rings (SSSR count). The normalized spacial score (nSPS) is 14.5. The summed E-state index contributed by atoms with van der Waals surface area (Å²) in [6.45, 7) is 3.32. The molecule has 1 saturated heterocycles. The van der Waals surface area contributed by atoms with Crippen LogP contribution in [0, 0.1) is 0 Å². The summed E-state index contributed by atoms with van der Waals surface area (Å²) in [5.74, 6) is 1.46. The number of piperidine rings is 1. The molecular formula is C24H30IN5OS. The van der Waals surface area contributed by atoms with E-state index in [1.165, 1.54) is 5.00 Å². The number of benzene rings is 1. The molecular weight excluding hydrogens is 533 g/mol. The molecule has 1 fully saturated rings. The first kappa shape index (κ1) is 24.3. The van der Waals surface area contributed by atoms with Crippen molar-refractivity contribution in [3.63, 3.8) is 0 Å². The molecule has 2 N–H and O–H groups in total. The summed E-state index contributed by atoms with van der Waals surface area (Å²) >= 11 is 1.81. The van der Waals surface area contributed by atoms with Gasteiger partial charge in [0, 0.05) is 45.0 Å². The van der Waals surface area contributed by atoms with Crippen LogP contribution in [0.2, 0.25) is 0 Å². The molecule has 0 saturated carbocycles. The minimum absolute atomic E-state index is 0. The lowest BCUT2D eigenvalue weighted by molar-refractivity contribution is 0.293. The van der Waals surface area contributed by atoms with Crippen molar-refractivity contribution in [3.05, 3.63) is 77.3 Å². The van der Waals surface area contributed by atoms with Crippen LogP contribution in [-0.4, -0.2) is 37.1 Å². The van der Waals surface area contributed by atoms with Gasteiger partial charge in [-0.1, -0.05) is 30.3 Å². The number of nitrogens with zero attached hydrogens (tertiary/aromatic N) is 3. The van der Waals surface area contributed by atoms with Crippen LogP contribution in [-0.2, 0) is 13.2 Å². The first-order valence-electron chi connectivity index (χ1n) is 10.7. The number of anilines is 1. The number of halogens is 1. The highest BCUT2D eigenvalue weighted by Crippen LogP contribution is 2.24. The van der Waals surface area contributed by atoms with Crippen molar-refractivity contribution in [2.24, 2.45) is 4.99 Å². The fourth-order valence-electron chi connectivity index (χ4n) is 3.64. The quantitative estimate of drug-likeness (QED) is 0.249. The van der Waals surface area contributed by atoms with Gasteiger partial charge in [-0.2, -0.15) is 0 Å². The van der Waals surface area contributed by atoms with Crippen molar-refractivity contribution in [1.82, 2.24) is 15.6 Å². The maximum atomic E-state index is 5.84. The summed E-state index contributed by atoms with van der Waals surface area (Å²) < 4.78 is 5.84. The molecule has 0 atom stereocenters. The number of rotatable bonds is 7. The van der Waals surface area contributed by atoms with E-state index < -0.39 is 0 Å². The number of guanidine groups is 1. The second-order valence-corrected chi connectivity index (χ2v) is 8.49. The Morgan fingerprint density at radius 1 is 1.12 bits per heavy atom. The molecule has 0 aliphatic carbocycles. The molecule has 0 bridgehead atoms. The molecule has 0 amide bonds. The molecule has 0 radical (unpaired) electrons. The molecule has 1 aromatic carbocycles. The maximum absolute atomic E-state index is 5.84. The van der Waals surface area contributed by atoms with Crippen LogP contribution in [0.3, 0.4) is 0 Å². The predicted molar refractivity (Wildman–Crippen MR) is 143 cm³/mol. The third kappa shape index (κ3) is 7.09. The number of aromatic nitrogens is 1. The second kappa shape index (κ2) is 12.6. The van der Waals surface area contributed by atoms with Crippen LogP contribution >= 0.6 is 35.3 Å². The zero-order valence-electron chi connectivity index (χ0n) is 18.2. The average molecular weight is 564 g/mol. The predicted octanol–water partition coefficient (Wildman–Crippen LogP) is 4.67. The van der Waals surface area contributed by atoms with E-state index in [0.717, 1.165) is 43.0 Å². The molecule has 1 aliphatic rings. The van der Waals surface area contributed by atoms with Crippen molar-refractivity contribution in [2.75, 3.05) is 25.0 Å². The highest BCUT2D eigenvalue weighted by Gasteiger charge is 2.20. The van der Waals surface area contributed by atoms with E-state index in [9.17, 15) is 0 Å². The van der Waals surface area contributed by atoms with Gasteiger partial charge in [-0.15, -0.1) is 35.3 Å². The summed E-state index contributed by atoms with van der Waals surface area (Å²) in [6.07, 6.45) is 3.99. The monoisotopic (exact) mass is 563 g/mol. The van der Waals surface area contributed by atoms with Gasteiger partial charge in [0.1, 0.15) is 6.61 Å². The van der Waals surface area contributed by atoms with Crippen molar-refractivity contribution >= 4 is 46.3 Å². The van der Waals surface area contributed by atoms with Gasteiger partial charge in [0.05, 0.1) is 5.00 Å². The Balaban J connectivity index is 0.00000289. The summed E-state index contributed by atoms with van der Waals surface area (Å²) in [5, 5.41) is 10.5. The lowest BCUT2D eigenvalue weighted by Gasteiger charge is -2.33. The zero-order chi connectivity index (χ0) is 21.3. The molecule has 6 nitrogen and oxygen atoms in total. The second-order valence-electron chi connectivity index (χ2n) is 7.56. The average Bonchev–Trinajstić information content (AvgIpc) is 3.37. The van der Waals surface area contributed by atoms with E-state index in [4.69, 9.17) is 4.74 Å². The molecule has 3 heterocycles. The Labute approximate surface area is 211 Å². The standard InChI is InChI=1S/C24H29N5OS.HI/c1-25-24(28-21-10-13-29(14-11-21)23-8-5-15-31-23)27-17-20-9-12-26-22(16-20)30-18-19-6-3-2-4-7-19;/h2-9,12,15-16,21H,10-11,13-14,17-18H2,1H3,(H2,25,27,28);1H. The van der Waals surface area contributed by atoms with Crippen LogP contribution in [0.1, 0.15) is 24.0 Å². The molecule has 1 aliphatic heterocycles. The third-order valence-corrected chi connectivity index (χ3v) is 6.29. The SMILES string of the molecule is CN=C(NCc1ccnc(OCc2ccccc2)c1)NC1CCN(c2cccs2)CC1.I. The number of thiophene rings is 1. The Hall–Kier alpha value is -2.33. The molecule has 8 heteroatoms. The van der Waals surface area contributed by atoms with Gasteiger partial charge in [0.15, 0.2) is 5.96 Å². The fourth-order valence-corrected chi connectivity index (χ4v) is 4.42. The minimum Gasteiger partial charge on any atom is -0.473 e. The van der Waals surface area contributed by atoms with Gasteiger partial charge >= 0.3 is 0 Å². The van der Waals surface area contributed by atoms with Crippen molar-refractivity contribution < 1.29 is 4.74 Å². The lowest BCUT2D eigenvalue weighted by Crippen LogP contribution is -2.48. The molecule has 0 unspecified atom stereocenters. The lowest BCUT2D eigenvalue weighted by atomic mass is 10.1. The van der Waals surface area contributed by atoms with Gasteiger partial charge in [-0.3, -0.25) is 4.99 Å². The van der Waals surface area contributed by atoms with E-state index in [2.05, 4.69) is 43.0 Å². The van der Waals surface area contributed by atoms with Crippen molar-refractivity contribution in [1.29, 1.82) is 0 Å². The van der Waals surface area contributed by atoms with Gasteiger partial charge in [0.2, 0.25) is 5.88 Å². The summed E-state index contributed by atoms with van der Waals surface area (Å²) in [4.78, 5) is 11.2. The largest absolute Gasteiger partial charge is 0.473 e. The van der Waals surface area contributed by atoms with Gasteiger partial charge in [0.25, 0.3) is 0 Å².